The summed E-state index contributed by atoms with van der Waals surface area (Å²) in [6, 6.07) is 13.7. The number of ether oxygens (including phenoxy) is 1. The summed E-state index contributed by atoms with van der Waals surface area (Å²) in [5, 5.41) is 18.1. The van der Waals surface area contributed by atoms with Crippen LogP contribution in [0.1, 0.15) is 82.1 Å². The minimum atomic E-state index is -1.01. The number of rotatable bonds is 14. The summed E-state index contributed by atoms with van der Waals surface area (Å²) in [5.41, 5.74) is 11.7. The van der Waals surface area contributed by atoms with Crippen molar-refractivity contribution in [3.63, 3.8) is 0 Å². The first-order valence-electron chi connectivity index (χ1n) is 19.7. The lowest BCUT2D eigenvalue weighted by Gasteiger charge is -2.27. The number of aromatic carboxylic acids is 1. The Morgan fingerprint density at radius 3 is 2.30 bits per heavy atom. The summed E-state index contributed by atoms with van der Waals surface area (Å²) >= 11 is 13.6. The number of amides is 1. The van der Waals surface area contributed by atoms with Crippen molar-refractivity contribution in [2.24, 2.45) is 14.1 Å². The van der Waals surface area contributed by atoms with Crippen LogP contribution in [0, 0.1) is 34.6 Å². The minimum Gasteiger partial charge on any atom is -0.494 e. The first kappa shape index (κ1) is 40.4. The minimum absolute atomic E-state index is 0.173. The molecule has 300 valence electrons. The van der Waals surface area contributed by atoms with Crippen LogP contribution in [0.5, 0.6) is 5.75 Å². The third-order valence-electron chi connectivity index (χ3n) is 11.8. The van der Waals surface area contributed by atoms with E-state index in [1.54, 1.807) is 22.6 Å². The molecule has 1 amide bonds. The maximum absolute atomic E-state index is 13.3. The van der Waals surface area contributed by atoms with Crippen LogP contribution in [0.2, 0.25) is 10.0 Å². The highest BCUT2D eigenvalue weighted by atomic mass is 35.5. The topological polar surface area (TPSA) is 97.8 Å². The smallest absolute Gasteiger partial charge is 0.352 e. The SMILES string of the molecule is Cc1cc(OCCCc2c(C)n([C@H](C)CN(C=O)c3cc(CN4CCCC4)cc4cc(C(=O)O)n(C)c34)c3c(-c4c(C)nn(C)c4C)c(Cl)ccc23)cc(C)c1Cl. The van der Waals surface area contributed by atoms with Gasteiger partial charge in [-0.1, -0.05) is 29.3 Å². The molecule has 1 fully saturated rings. The lowest BCUT2D eigenvalue weighted by atomic mass is 9.98. The van der Waals surface area contributed by atoms with Crippen LogP contribution in [-0.4, -0.2) is 67.5 Å². The lowest BCUT2D eigenvalue weighted by molar-refractivity contribution is -0.107. The van der Waals surface area contributed by atoms with E-state index in [1.165, 1.54) is 5.56 Å². The molecule has 0 aliphatic carbocycles. The molecule has 10 nitrogen and oxygen atoms in total. The number of aryl methyl sites for hydroxylation is 6. The number of carbonyl (C=O) groups excluding carboxylic acids is 1. The summed E-state index contributed by atoms with van der Waals surface area (Å²) in [6.45, 7) is 16.0. The van der Waals surface area contributed by atoms with E-state index in [0.29, 0.717) is 29.4 Å². The van der Waals surface area contributed by atoms with Crippen molar-refractivity contribution in [1.82, 2.24) is 23.8 Å². The fourth-order valence-electron chi connectivity index (χ4n) is 9.06. The number of likely N-dealkylation sites (tertiary alicyclic amines) is 1. The molecule has 4 heterocycles. The van der Waals surface area contributed by atoms with Crippen LogP contribution in [0.4, 0.5) is 5.69 Å². The van der Waals surface area contributed by atoms with Gasteiger partial charge in [-0.3, -0.25) is 14.4 Å². The lowest BCUT2D eigenvalue weighted by Crippen LogP contribution is -2.30. The van der Waals surface area contributed by atoms with Crippen LogP contribution in [0.25, 0.3) is 32.9 Å². The molecule has 1 aliphatic rings. The fourth-order valence-corrected chi connectivity index (χ4v) is 9.41. The molecule has 12 heteroatoms. The van der Waals surface area contributed by atoms with Gasteiger partial charge in [0, 0.05) is 71.5 Å². The van der Waals surface area contributed by atoms with Crippen molar-refractivity contribution >= 4 is 63.1 Å². The molecule has 6 aromatic rings. The number of fused-ring (bicyclic) bond motifs is 2. The molecule has 1 N–H and O–H groups in total. The number of carbonyl (C=O) groups is 2. The largest absolute Gasteiger partial charge is 0.494 e. The molecular weight excluding hydrogens is 759 g/mol. The molecule has 0 bridgehead atoms. The van der Waals surface area contributed by atoms with Crippen LogP contribution >= 0.6 is 23.2 Å². The number of hydrogen-bond acceptors (Lipinski definition) is 5. The molecule has 0 spiro atoms. The fraction of sp³-hybridized carbons (Fsp3) is 0.400. The van der Waals surface area contributed by atoms with Crippen LogP contribution in [-0.2, 0) is 31.9 Å². The quantitative estimate of drug-likeness (QED) is 0.0869. The molecule has 0 saturated carbocycles. The van der Waals surface area contributed by atoms with Crippen molar-refractivity contribution in [2.45, 2.75) is 79.8 Å². The number of carboxylic acid groups (broad SMARTS) is 1. The van der Waals surface area contributed by atoms with E-state index in [1.807, 2.05) is 50.7 Å². The Morgan fingerprint density at radius 2 is 1.67 bits per heavy atom. The predicted molar refractivity (Wildman–Crippen MR) is 231 cm³/mol. The molecule has 1 aliphatic heterocycles. The molecular formula is C45H52Cl2N6O4. The van der Waals surface area contributed by atoms with E-state index in [-0.39, 0.29) is 11.7 Å². The molecule has 7 rings (SSSR count). The Labute approximate surface area is 344 Å². The molecule has 3 aromatic heterocycles. The summed E-state index contributed by atoms with van der Waals surface area (Å²) < 4.78 is 12.1. The van der Waals surface area contributed by atoms with Gasteiger partial charge >= 0.3 is 5.97 Å². The Morgan fingerprint density at radius 1 is 0.965 bits per heavy atom. The number of benzene rings is 3. The summed E-state index contributed by atoms with van der Waals surface area (Å²) in [7, 11) is 3.70. The zero-order chi connectivity index (χ0) is 40.9. The Bertz CT molecular complexity index is 2500. The standard InChI is InChI=1S/C45H52Cl2N6O4/c1-26-18-34(19-27(2)42(26)47)57-17-11-12-35-30(5)53(44-36(35)13-14-37(46)41(44)40-29(4)48-50(8)31(40)6)28(3)23-52(25-54)38-21-32(24-51-15-9-10-16-51)20-33-22-39(45(55)56)49(7)43(33)38/h13-14,18-22,25,28H,9-12,15-17,23-24H2,1-8H3,(H,55,56)/t28-/m1/s1. The van der Waals surface area contributed by atoms with Crippen molar-refractivity contribution in [1.29, 1.82) is 0 Å². The van der Waals surface area contributed by atoms with Gasteiger partial charge in [0.1, 0.15) is 11.4 Å². The number of nitrogens with zero attached hydrogens (tertiary/aromatic N) is 6. The number of aromatic nitrogens is 4. The van der Waals surface area contributed by atoms with Gasteiger partial charge in [-0.15, -0.1) is 0 Å². The van der Waals surface area contributed by atoms with E-state index in [0.717, 1.165) is 124 Å². The Balaban J connectivity index is 1.31. The Kier molecular flexibility index (Phi) is 11.5. The van der Waals surface area contributed by atoms with E-state index < -0.39 is 5.97 Å². The highest BCUT2D eigenvalue weighted by Crippen LogP contribution is 2.43. The second-order valence-corrected chi connectivity index (χ2v) is 16.6. The number of carboxylic acids is 1. The van der Waals surface area contributed by atoms with Gasteiger partial charge in [-0.05, 0) is 139 Å². The molecule has 3 aromatic carbocycles. The van der Waals surface area contributed by atoms with Gasteiger partial charge in [0.15, 0.2) is 0 Å². The molecule has 1 atom stereocenters. The molecule has 57 heavy (non-hydrogen) atoms. The second-order valence-electron chi connectivity index (χ2n) is 15.8. The monoisotopic (exact) mass is 810 g/mol. The third-order valence-corrected chi connectivity index (χ3v) is 12.7. The normalized spacial score (nSPS) is 13.9. The van der Waals surface area contributed by atoms with Crippen LogP contribution in [0.15, 0.2) is 42.5 Å². The van der Waals surface area contributed by atoms with Crippen molar-refractivity contribution in [2.75, 3.05) is 31.1 Å². The number of anilines is 1. The number of halogens is 2. The van der Waals surface area contributed by atoms with Crippen molar-refractivity contribution in [3.8, 4) is 16.9 Å². The average Bonchev–Trinajstić information content (AvgIpc) is 3.92. The van der Waals surface area contributed by atoms with E-state index in [2.05, 4.69) is 48.4 Å². The zero-order valence-electron chi connectivity index (χ0n) is 34.2. The summed E-state index contributed by atoms with van der Waals surface area (Å²) in [4.78, 5) is 29.8. The molecule has 1 saturated heterocycles. The maximum Gasteiger partial charge on any atom is 0.352 e. The number of hydrogen-bond donors (Lipinski definition) is 1. The Hall–Kier alpha value is -4.77. The third kappa shape index (κ3) is 7.55. The second kappa shape index (κ2) is 16.2. The molecule has 0 radical (unpaired) electrons. The maximum atomic E-state index is 13.3. The summed E-state index contributed by atoms with van der Waals surface area (Å²) in [5.74, 6) is -0.206. The van der Waals surface area contributed by atoms with Gasteiger partial charge in [0.05, 0.1) is 34.0 Å². The van der Waals surface area contributed by atoms with Gasteiger partial charge in [-0.25, -0.2) is 4.79 Å². The van der Waals surface area contributed by atoms with Gasteiger partial charge in [0.25, 0.3) is 0 Å². The van der Waals surface area contributed by atoms with Crippen molar-refractivity contribution in [3.05, 3.63) is 97.5 Å². The summed E-state index contributed by atoms with van der Waals surface area (Å²) in [6.07, 6.45) is 4.73. The van der Waals surface area contributed by atoms with E-state index >= 15 is 0 Å². The van der Waals surface area contributed by atoms with Gasteiger partial charge < -0.3 is 23.9 Å². The first-order valence-corrected chi connectivity index (χ1v) is 20.5. The van der Waals surface area contributed by atoms with Gasteiger partial charge in [-0.2, -0.15) is 5.10 Å². The van der Waals surface area contributed by atoms with E-state index in [9.17, 15) is 14.7 Å². The van der Waals surface area contributed by atoms with Crippen molar-refractivity contribution < 1.29 is 19.4 Å². The van der Waals surface area contributed by atoms with Gasteiger partial charge in [0.2, 0.25) is 6.41 Å². The zero-order valence-corrected chi connectivity index (χ0v) is 35.7. The average molecular weight is 812 g/mol. The first-order chi connectivity index (χ1) is 27.2. The predicted octanol–water partition coefficient (Wildman–Crippen LogP) is 9.91. The molecule has 0 unspecified atom stereocenters. The highest BCUT2D eigenvalue weighted by molar-refractivity contribution is 6.35. The van der Waals surface area contributed by atoms with Crippen LogP contribution in [0.3, 0.4) is 0 Å². The van der Waals surface area contributed by atoms with E-state index in [4.69, 9.17) is 33.0 Å². The van der Waals surface area contributed by atoms with Crippen LogP contribution < -0.4 is 9.64 Å². The highest BCUT2D eigenvalue weighted by Gasteiger charge is 2.28.